The molecule has 2 N–H and O–H groups in total. The second-order valence-electron chi connectivity index (χ2n) is 3.89. The fourth-order valence-electron chi connectivity index (χ4n) is 1.60. The van der Waals surface area contributed by atoms with E-state index in [1.807, 2.05) is 0 Å². The first-order chi connectivity index (χ1) is 7.58. The predicted octanol–water partition coefficient (Wildman–Crippen LogP) is -1.04. The molecule has 0 aromatic carbocycles. The molecule has 2 atom stereocenters. The minimum atomic E-state index is -0.873. The lowest BCUT2D eigenvalue weighted by molar-refractivity contribution is 0.0572. The summed E-state index contributed by atoms with van der Waals surface area (Å²) in [6.45, 7) is 2.05. The van der Waals surface area contributed by atoms with E-state index in [-0.39, 0.29) is 24.7 Å². The number of rotatable bonds is 1. The summed E-state index contributed by atoms with van der Waals surface area (Å²) in [5, 5.41) is 18.7. The van der Waals surface area contributed by atoms with Gasteiger partial charge in [-0.25, -0.2) is 4.98 Å². The van der Waals surface area contributed by atoms with Crippen molar-refractivity contribution < 1.29 is 15.0 Å². The lowest BCUT2D eigenvalue weighted by Gasteiger charge is -2.14. The van der Waals surface area contributed by atoms with E-state index in [1.165, 1.54) is 17.3 Å². The quantitative estimate of drug-likeness (QED) is 0.635. The molecule has 16 heavy (non-hydrogen) atoms. The number of hydrogen-bond donors (Lipinski definition) is 2. The highest BCUT2D eigenvalue weighted by Crippen LogP contribution is 2.12. The molecule has 6 nitrogen and oxygen atoms in total. The third-order valence-corrected chi connectivity index (χ3v) is 2.55. The van der Waals surface area contributed by atoms with Gasteiger partial charge in [0, 0.05) is 19.3 Å². The van der Waals surface area contributed by atoms with E-state index >= 15 is 0 Å². The van der Waals surface area contributed by atoms with Crippen molar-refractivity contribution in [2.45, 2.75) is 19.1 Å². The van der Waals surface area contributed by atoms with Gasteiger partial charge >= 0.3 is 0 Å². The Balaban J connectivity index is 2.11. The Morgan fingerprint density at radius 2 is 1.94 bits per heavy atom. The van der Waals surface area contributed by atoms with E-state index in [0.29, 0.717) is 0 Å². The molecule has 1 aromatic heterocycles. The third-order valence-electron chi connectivity index (χ3n) is 2.55. The lowest BCUT2D eigenvalue weighted by Crippen LogP contribution is -2.30. The molecule has 0 aliphatic carbocycles. The standard InChI is InChI=1S/C10H13N3O3/c1-6-2-12-7(3-11-6)10(16)13-4-8(14)9(15)5-13/h2-3,8-9,14-15H,4-5H2,1H3/t8-,9+. The highest BCUT2D eigenvalue weighted by Gasteiger charge is 2.33. The van der Waals surface area contributed by atoms with E-state index in [9.17, 15) is 15.0 Å². The summed E-state index contributed by atoms with van der Waals surface area (Å²) in [5.74, 6) is -0.317. The van der Waals surface area contributed by atoms with Crippen LogP contribution in [0.5, 0.6) is 0 Å². The molecular formula is C10H13N3O3. The van der Waals surface area contributed by atoms with Crippen molar-refractivity contribution in [3.63, 3.8) is 0 Å². The number of aryl methyl sites for hydroxylation is 1. The van der Waals surface area contributed by atoms with Crippen LogP contribution in [-0.4, -0.2) is 56.3 Å². The van der Waals surface area contributed by atoms with Crippen LogP contribution in [0.2, 0.25) is 0 Å². The summed E-state index contributed by atoms with van der Waals surface area (Å²) in [7, 11) is 0. The molecule has 0 saturated carbocycles. The van der Waals surface area contributed by atoms with Crippen LogP contribution in [0.4, 0.5) is 0 Å². The van der Waals surface area contributed by atoms with Crippen LogP contribution < -0.4 is 0 Å². The first-order valence-corrected chi connectivity index (χ1v) is 5.02. The van der Waals surface area contributed by atoms with E-state index in [0.717, 1.165) is 5.69 Å². The summed E-state index contributed by atoms with van der Waals surface area (Å²) >= 11 is 0. The largest absolute Gasteiger partial charge is 0.388 e. The maximum Gasteiger partial charge on any atom is 0.274 e. The van der Waals surface area contributed by atoms with Crippen molar-refractivity contribution in [3.05, 3.63) is 23.8 Å². The second kappa shape index (κ2) is 4.15. The van der Waals surface area contributed by atoms with Gasteiger partial charge in [0.25, 0.3) is 5.91 Å². The van der Waals surface area contributed by atoms with Crippen molar-refractivity contribution >= 4 is 5.91 Å². The molecule has 1 aliphatic rings. The van der Waals surface area contributed by atoms with Gasteiger partial charge in [0.1, 0.15) is 5.69 Å². The molecule has 1 amide bonds. The number of carbonyl (C=O) groups excluding carboxylic acids is 1. The lowest BCUT2D eigenvalue weighted by atomic mass is 10.3. The molecule has 1 aliphatic heterocycles. The summed E-state index contributed by atoms with van der Waals surface area (Å²) < 4.78 is 0. The number of carbonyl (C=O) groups is 1. The van der Waals surface area contributed by atoms with Crippen LogP contribution in [0.3, 0.4) is 0 Å². The van der Waals surface area contributed by atoms with Gasteiger partial charge in [-0.15, -0.1) is 0 Å². The molecule has 0 unspecified atom stereocenters. The molecule has 1 aromatic rings. The Morgan fingerprint density at radius 3 is 2.44 bits per heavy atom. The molecule has 0 spiro atoms. The number of likely N-dealkylation sites (tertiary alicyclic amines) is 1. The number of nitrogens with zero attached hydrogens (tertiary/aromatic N) is 3. The van der Waals surface area contributed by atoms with Crippen LogP contribution in [0.1, 0.15) is 16.2 Å². The minimum Gasteiger partial charge on any atom is -0.388 e. The summed E-state index contributed by atoms with van der Waals surface area (Å²) in [5.41, 5.74) is 0.963. The van der Waals surface area contributed by atoms with E-state index in [4.69, 9.17) is 0 Å². The number of aliphatic hydroxyl groups excluding tert-OH is 2. The average Bonchev–Trinajstić information content (AvgIpc) is 2.59. The molecule has 0 radical (unpaired) electrons. The molecule has 1 saturated heterocycles. The molecular weight excluding hydrogens is 210 g/mol. The van der Waals surface area contributed by atoms with Crippen molar-refractivity contribution in [1.82, 2.24) is 14.9 Å². The molecule has 6 heteroatoms. The summed E-state index contributed by atoms with van der Waals surface area (Å²) in [4.78, 5) is 21.2. The number of aromatic nitrogens is 2. The first kappa shape index (κ1) is 11.0. The van der Waals surface area contributed by atoms with Gasteiger partial charge in [-0.05, 0) is 6.92 Å². The molecule has 86 valence electrons. The van der Waals surface area contributed by atoms with Crippen LogP contribution in [-0.2, 0) is 0 Å². The second-order valence-corrected chi connectivity index (χ2v) is 3.89. The zero-order valence-corrected chi connectivity index (χ0v) is 8.87. The van der Waals surface area contributed by atoms with Gasteiger partial charge in [-0.3, -0.25) is 9.78 Å². The normalized spacial score (nSPS) is 24.8. The summed E-state index contributed by atoms with van der Waals surface area (Å²) in [6.07, 6.45) is 1.16. The van der Waals surface area contributed by atoms with E-state index in [2.05, 4.69) is 9.97 Å². The van der Waals surface area contributed by atoms with Crippen molar-refractivity contribution in [2.24, 2.45) is 0 Å². The fraction of sp³-hybridized carbons (Fsp3) is 0.500. The molecule has 1 fully saturated rings. The monoisotopic (exact) mass is 223 g/mol. The molecule has 2 heterocycles. The highest BCUT2D eigenvalue weighted by atomic mass is 16.3. The van der Waals surface area contributed by atoms with Crippen LogP contribution in [0.15, 0.2) is 12.4 Å². The van der Waals surface area contributed by atoms with Crippen LogP contribution in [0.25, 0.3) is 0 Å². The van der Waals surface area contributed by atoms with Crippen molar-refractivity contribution in [2.75, 3.05) is 13.1 Å². The zero-order valence-electron chi connectivity index (χ0n) is 8.87. The summed E-state index contributed by atoms with van der Waals surface area (Å²) in [6, 6.07) is 0. The van der Waals surface area contributed by atoms with Gasteiger partial charge in [0.15, 0.2) is 0 Å². The third kappa shape index (κ3) is 2.02. The van der Waals surface area contributed by atoms with Crippen LogP contribution in [0, 0.1) is 6.92 Å². The van der Waals surface area contributed by atoms with Gasteiger partial charge in [-0.2, -0.15) is 0 Å². The maximum absolute atomic E-state index is 11.9. The number of hydrogen-bond acceptors (Lipinski definition) is 5. The number of aliphatic hydroxyl groups is 2. The Bertz CT molecular complexity index is 383. The Morgan fingerprint density at radius 1 is 1.31 bits per heavy atom. The molecule has 2 rings (SSSR count). The van der Waals surface area contributed by atoms with Gasteiger partial charge in [0.05, 0.1) is 24.1 Å². The smallest absolute Gasteiger partial charge is 0.274 e. The van der Waals surface area contributed by atoms with Crippen molar-refractivity contribution in [3.8, 4) is 0 Å². The average molecular weight is 223 g/mol. The Hall–Kier alpha value is -1.53. The van der Waals surface area contributed by atoms with Crippen LogP contribution >= 0.6 is 0 Å². The van der Waals surface area contributed by atoms with Gasteiger partial charge in [-0.1, -0.05) is 0 Å². The fourth-order valence-corrected chi connectivity index (χ4v) is 1.60. The predicted molar refractivity (Wildman–Crippen MR) is 54.7 cm³/mol. The Labute approximate surface area is 92.6 Å². The maximum atomic E-state index is 11.9. The number of β-amino-alcohol motifs (C(OH)–C–C–N with tert-alkyl or cyclic N) is 2. The van der Waals surface area contributed by atoms with E-state index < -0.39 is 12.2 Å². The zero-order chi connectivity index (χ0) is 11.7. The topological polar surface area (TPSA) is 86.6 Å². The SMILES string of the molecule is Cc1cnc(C(=O)N2C[C@@H](O)[C@@H](O)C2)cn1. The first-order valence-electron chi connectivity index (χ1n) is 5.02. The van der Waals surface area contributed by atoms with Gasteiger partial charge in [0.2, 0.25) is 0 Å². The molecule has 0 bridgehead atoms. The van der Waals surface area contributed by atoms with E-state index in [1.54, 1.807) is 6.92 Å². The van der Waals surface area contributed by atoms with Crippen molar-refractivity contribution in [1.29, 1.82) is 0 Å². The number of amides is 1. The minimum absolute atomic E-state index is 0.134. The Kier molecular flexibility index (Phi) is 2.84. The van der Waals surface area contributed by atoms with Gasteiger partial charge < -0.3 is 15.1 Å². The highest BCUT2D eigenvalue weighted by molar-refractivity contribution is 5.92.